The molecule has 0 saturated carbocycles. The predicted molar refractivity (Wildman–Crippen MR) is 103 cm³/mol. The molecule has 2 aromatic carbocycles. The number of halogens is 4. The fourth-order valence-electron chi connectivity index (χ4n) is 3.47. The van der Waals surface area contributed by atoms with E-state index in [-0.39, 0.29) is 17.7 Å². The quantitative estimate of drug-likeness (QED) is 0.445. The first-order valence-corrected chi connectivity index (χ1v) is 9.18. The van der Waals surface area contributed by atoms with Gasteiger partial charge < -0.3 is 9.64 Å². The van der Waals surface area contributed by atoms with Gasteiger partial charge in [0.25, 0.3) is 5.91 Å². The fraction of sp³-hybridized carbons (Fsp3) is 0.190. The van der Waals surface area contributed by atoms with Gasteiger partial charge in [-0.05, 0) is 48.9 Å². The molecular formula is C21H15F4N3O3. The zero-order valence-corrected chi connectivity index (χ0v) is 16.1. The number of hydrogen-bond donors (Lipinski definition) is 0. The number of anilines is 1. The lowest BCUT2D eigenvalue weighted by Gasteiger charge is -2.20. The lowest BCUT2D eigenvalue weighted by atomic mass is 10.1. The number of aromatic nitrogens is 1. The number of imide groups is 1. The van der Waals surface area contributed by atoms with E-state index in [1.54, 1.807) is 19.1 Å². The second-order valence-corrected chi connectivity index (χ2v) is 6.91. The highest BCUT2D eigenvalue weighted by atomic mass is 19.4. The van der Waals surface area contributed by atoms with Crippen LogP contribution in [0.15, 0.2) is 54.7 Å². The van der Waals surface area contributed by atoms with Gasteiger partial charge in [0.15, 0.2) is 0 Å². The van der Waals surface area contributed by atoms with Gasteiger partial charge in [-0.15, -0.1) is 13.2 Å². The number of benzene rings is 2. The predicted octanol–water partition coefficient (Wildman–Crippen LogP) is 4.63. The van der Waals surface area contributed by atoms with Crippen molar-refractivity contribution >= 4 is 28.5 Å². The molecule has 0 radical (unpaired) electrons. The average molecular weight is 433 g/mol. The molecule has 1 aromatic heterocycles. The van der Waals surface area contributed by atoms with Gasteiger partial charge in [0.2, 0.25) is 0 Å². The van der Waals surface area contributed by atoms with E-state index in [4.69, 9.17) is 0 Å². The van der Waals surface area contributed by atoms with Gasteiger partial charge in [-0.1, -0.05) is 12.1 Å². The number of urea groups is 1. The highest BCUT2D eigenvalue weighted by Gasteiger charge is 2.43. The summed E-state index contributed by atoms with van der Waals surface area (Å²) >= 11 is 0. The van der Waals surface area contributed by atoms with Crippen molar-refractivity contribution in [1.29, 1.82) is 0 Å². The zero-order chi connectivity index (χ0) is 22.3. The van der Waals surface area contributed by atoms with Crippen LogP contribution in [-0.4, -0.2) is 34.2 Å². The van der Waals surface area contributed by atoms with Crippen LogP contribution >= 0.6 is 0 Å². The van der Waals surface area contributed by atoms with Crippen molar-refractivity contribution in [3.05, 3.63) is 66.1 Å². The number of alkyl halides is 3. The first-order chi connectivity index (χ1) is 14.7. The molecule has 1 saturated heterocycles. The van der Waals surface area contributed by atoms with Crippen LogP contribution in [0.25, 0.3) is 10.9 Å². The third-order valence-electron chi connectivity index (χ3n) is 4.96. The number of pyridine rings is 1. The van der Waals surface area contributed by atoms with Crippen molar-refractivity contribution in [3.63, 3.8) is 0 Å². The Balaban J connectivity index is 1.61. The van der Waals surface area contributed by atoms with Gasteiger partial charge >= 0.3 is 12.4 Å². The minimum absolute atomic E-state index is 0.0278. The van der Waals surface area contributed by atoms with Gasteiger partial charge in [0.05, 0.1) is 5.69 Å². The molecule has 0 bridgehead atoms. The molecule has 0 spiro atoms. The monoisotopic (exact) mass is 433 g/mol. The van der Waals surface area contributed by atoms with Crippen LogP contribution in [-0.2, 0) is 11.3 Å². The minimum atomic E-state index is -4.85. The molecule has 3 aromatic rings. The van der Waals surface area contributed by atoms with E-state index in [0.29, 0.717) is 10.9 Å². The smallest absolute Gasteiger partial charge is 0.406 e. The summed E-state index contributed by atoms with van der Waals surface area (Å²) in [6, 6.07) is 9.10. The molecule has 10 heteroatoms. The number of para-hydroxylation sites is 1. The molecule has 1 aliphatic heterocycles. The third-order valence-corrected chi connectivity index (χ3v) is 4.96. The highest BCUT2D eigenvalue weighted by molar-refractivity contribution is 6.21. The van der Waals surface area contributed by atoms with Crippen molar-refractivity contribution in [3.8, 4) is 5.75 Å². The Kier molecular flexibility index (Phi) is 5.00. The van der Waals surface area contributed by atoms with E-state index < -0.39 is 35.9 Å². The van der Waals surface area contributed by atoms with Crippen LogP contribution in [0.4, 0.5) is 28.0 Å². The molecule has 0 aliphatic carbocycles. The molecule has 1 aliphatic rings. The van der Waals surface area contributed by atoms with Crippen molar-refractivity contribution in [2.75, 3.05) is 4.90 Å². The molecule has 6 nitrogen and oxygen atoms in total. The van der Waals surface area contributed by atoms with Crippen molar-refractivity contribution in [2.24, 2.45) is 0 Å². The third kappa shape index (κ3) is 3.88. The van der Waals surface area contributed by atoms with Crippen molar-refractivity contribution < 1.29 is 31.9 Å². The van der Waals surface area contributed by atoms with Gasteiger partial charge in [-0.2, -0.15) is 0 Å². The van der Waals surface area contributed by atoms with Crippen molar-refractivity contribution in [2.45, 2.75) is 25.9 Å². The van der Waals surface area contributed by atoms with Gasteiger partial charge in [-0.3, -0.25) is 9.78 Å². The first kappa shape index (κ1) is 20.6. The maximum atomic E-state index is 14.0. The van der Waals surface area contributed by atoms with Crippen LogP contribution in [0.1, 0.15) is 12.5 Å². The molecule has 3 amide bonds. The molecule has 160 valence electrons. The average Bonchev–Trinajstić information content (AvgIpc) is 2.92. The number of amides is 3. The van der Waals surface area contributed by atoms with E-state index in [1.807, 2.05) is 0 Å². The normalized spacial score (nSPS) is 17.0. The number of nitrogens with zero attached hydrogens (tertiary/aromatic N) is 3. The summed E-state index contributed by atoms with van der Waals surface area (Å²) in [6.07, 6.45) is -3.43. The summed E-state index contributed by atoms with van der Waals surface area (Å²) in [5.41, 5.74) is 0.875. The van der Waals surface area contributed by atoms with Crippen molar-refractivity contribution in [1.82, 2.24) is 9.88 Å². The largest absolute Gasteiger partial charge is 0.573 e. The topological polar surface area (TPSA) is 62.7 Å². The number of rotatable bonds is 4. The lowest BCUT2D eigenvalue weighted by molar-refractivity contribution is -0.274. The summed E-state index contributed by atoms with van der Waals surface area (Å²) in [4.78, 5) is 31.9. The molecular weight excluding hydrogens is 418 g/mol. The van der Waals surface area contributed by atoms with Gasteiger partial charge in [-0.25, -0.2) is 14.1 Å². The van der Waals surface area contributed by atoms with Crippen LogP contribution in [0.5, 0.6) is 5.75 Å². The minimum Gasteiger partial charge on any atom is -0.406 e. The Morgan fingerprint density at radius 2 is 1.77 bits per heavy atom. The van der Waals surface area contributed by atoms with Crippen LogP contribution in [0.2, 0.25) is 0 Å². The number of carbonyl (C=O) groups excluding carboxylic acids is 2. The Labute approximate surface area is 173 Å². The summed E-state index contributed by atoms with van der Waals surface area (Å²) < 4.78 is 54.8. The van der Waals surface area contributed by atoms with Crippen LogP contribution in [0.3, 0.4) is 0 Å². The lowest BCUT2D eigenvalue weighted by Crippen LogP contribution is -2.33. The Morgan fingerprint density at radius 1 is 1.06 bits per heavy atom. The Hall–Kier alpha value is -3.69. The molecule has 1 unspecified atom stereocenters. The number of fused-ring (bicyclic) bond motifs is 1. The molecule has 2 heterocycles. The zero-order valence-electron chi connectivity index (χ0n) is 16.1. The Bertz CT molecular complexity index is 1160. The highest BCUT2D eigenvalue weighted by Crippen LogP contribution is 2.31. The molecule has 31 heavy (non-hydrogen) atoms. The van der Waals surface area contributed by atoms with E-state index in [0.717, 1.165) is 17.0 Å². The molecule has 1 atom stereocenters. The van der Waals surface area contributed by atoms with E-state index in [2.05, 4.69) is 9.72 Å². The second-order valence-electron chi connectivity index (χ2n) is 6.91. The molecule has 4 rings (SSSR count). The summed E-state index contributed by atoms with van der Waals surface area (Å²) in [5.74, 6) is -1.50. The number of ether oxygens (including phenoxy) is 1. The number of hydrogen-bond acceptors (Lipinski definition) is 4. The number of carbonyl (C=O) groups is 2. The Morgan fingerprint density at radius 3 is 2.45 bits per heavy atom. The van der Waals surface area contributed by atoms with Crippen LogP contribution < -0.4 is 9.64 Å². The van der Waals surface area contributed by atoms with Gasteiger partial charge in [0, 0.05) is 18.1 Å². The summed E-state index contributed by atoms with van der Waals surface area (Å²) in [6.45, 7) is 1.57. The van der Waals surface area contributed by atoms with Gasteiger partial charge in [0.1, 0.15) is 23.1 Å². The van der Waals surface area contributed by atoms with E-state index in [9.17, 15) is 27.2 Å². The SMILES string of the molecule is CC1C(=O)N(c2ccc(OC(F)(F)F)cc2)C(=O)N1Cc1ccnc2c(F)cccc12. The maximum Gasteiger partial charge on any atom is 0.573 e. The van der Waals surface area contributed by atoms with E-state index in [1.165, 1.54) is 35.4 Å². The maximum absolute atomic E-state index is 14.0. The standard InChI is InChI=1S/C21H15F4N3O3/c1-12-19(29)28(14-5-7-15(8-6-14)31-21(23,24)25)20(30)27(12)11-13-9-10-26-18-16(13)3-2-4-17(18)22/h2-10,12H,11H2,1H3. The summed E-state index contributed by atoms with van der Waals surface area (Å²) in [7, 11) is 0. The fourth-order valence-corrected chi connectivity index (χ4v) is 3.47. The second kappa shape index (κ2) is 7.53. The van der Waals surface area contributed by atoms with Crippen LogP contribution in [0, 0.1) is 5.82 Å². The molecule has 0 N–H and O–H groups in total. The molecule has 1 fully saturated rings. The first-order valence-electron chi connectivity index (χ1n) is 9.18. The summed E-state index contributed by atoms with van der Waals surface area (Å²) in [5, 5.41) is 0.516. The van der Waals surface area contributed by atoms with E-state index >= 15 is 0 Å².